The maximum absolute atomic E-state index is 12.7. The van der Waals surface area contributed by atoms with Gasteiger partial charge >= 0.3 is 5.97 Å². The summed E-state index contributed by atoms with van der Waals surface area (Å²) in [7, 11) is 1.60. The summed E-state index contributed by atoms with van der Waals surface area (Å²) < 4.78 is 10.5. The van der Waals surface area contributed by atoms with Crippen molar-refractivity contribution in [3.8, 4) is 16.9 Å². The smallest absolute Gasteiger partial charge is 0.341 e. The molecule has 4 rings (SSSR count). The second-order valence-electron chi connectivity index (χ2n) is 6.84. The number of rotatable bonds is 8. The number of ether oxygens (including phenoxy) is 2. The lowest BCUT2D eigenvalue weighted by Crippen LogP contribution is -2.16. The van der Waals surface area contributed by atoms with Crippen molar-refractivity contribution in [2.45, 2.75) is 11.9 Å². The minimum atomic E-state index is -0.477. The van der Waals surface area contributed by atoms with Gasteiger partial charge in [0.25, 0.3) is 0 Å². The molecule has 33 heavy (non-hydrogen) atoms. The first-order valence-corrected chi connectivity index (χ1v) is 12.0. The number of esters is 1. The molecule has 0 saturated heterocycles. The fourth-order valence-corrected chi connectivity index (χ4v) is 4.99. The summed E-state index contributed by atoms with van der Waals surface area (Å²) in [5.74, 6) is 0.138. The zero-order valence-corrected chi connectivity index (χ0v) is 19.7. The van der Waals surface area contributed by atoms with Crippen molar-refractivity contribution < 1.29 is 19.1 Å². The van der Waals surface area contributed by atoms with E-state index in [1.54, 1.807) is 14.0 Å². The van der Waals surface area contributed by atoms with Crippen LogP contribution in [-0.4, -0.2) is 41.3 Å². The van der Waals surface area contributed by atoms with Crippen LogP contribution >= 0.6 is 23.1 Å². The number of hydrogen-bond donors (Lipinski definition) is 1. The van der Waals surface area contributed by atoms with Gasteiger partial charge in [0, 0.05) is 16.3 Å². The number of anilines is 1. The molecule has 2 aromatic heterocycles. The minimum Gasteiger partial charge on any atom is -0.497 e. The highest BCUT2D eigenvalue weighted by atomic mass is 32.2. The van der Waals surface area contributed by atoms with Gasteiger partial charge in [0.15, 0.2) is 0 Å². The molecule has 0 fully saturated rings. The minimum absolute atomic E-state index is 0.138. The Bertz CT molecular complexity index is 1280. The first-order valence-electron chi connectivity index (χ1n) is 10.2. The summed E-state index contributed by atoms with van der Waals surface area (Å²) in [5, 5.41) is 6.79. The van der Waals surface area contributed by atoms with Crippen molar-refractivity contribution in [1.82, 2.24) is 9.97 Å². The lowest BCUT2D eigenvalue weighted by molar-refractivity contribution is -0.113. The van der Waals surface area contributed by atoms with Gasteiger partial charge in [-0.1, -0.05) is 42.1 Å². The number of para-hydroxylation sites is 1. The Morgan fingerprint density at radius 3 is 2.64 bits per heavy atom. The van der Waals surface area contributed by atoms with E-state index in [2.05, 4.69) is 15.3 Å². The number of hydrogen-bond acceptors (Lipinski definition) is 8. The van der Waals surface area contributed by atoms with E-state index >= 15 is 0 Å². The molecule has 0 unspecified atom stereocenters. The first-order chi connectivity index (χ1) is 16.1. The standard InChI is InChI=1S/C24H21N3O4S2/c1-3-31-24(29)21-18(15-8-10-16(30-2)11-9-15)12-32-23(21)27-20(28)13-33-22-17-6-4-5-7-19(17)25-14-26-22/h4-12,14H,3,13H2,1-2H3,(H,27,28). The van der Waals surface area contributed by atoms with Crippen molar-refractivity contribution >= 4 is 50.9 Å². The Morgan fingerprint density at radius 1 is 1.09 bits per heavy atom. The van der Waals surface area contributed by atoms with Crippen LogP contribution in [0.4, 0.5) is 5.00 Å². The number of carbonyl (C=O) groups is 2. The van der Waals surface area contributed by atoms with Gasteiger partial charge in [-0.2, -0.15) is 0 Å². The molecule has 0 aliphatic carbocycles. The summed E-state index contributed by atoms with van der Waals surface area (Å²) in [6.07, 6.45) is 1.49. The monoisotopic (exact) mass is 479 g/mol. The van der Waals surface area contributed by atoms with Crippen LogP contribution in [0.15, 0.2) is 65.3 Å². The van der Waals surface area contributed by atoms with E-state index in [-0.39, 0.29) is 18.3 Å². The van der Waals surface area contributed by atoms with Gasteiger partial charge in [-0.25, -0.2) is 14.8 Å². The zero-order chi connectivity index (χ0) is 23.2. The van der Waals surface area contributed by atoms with Crippen LogP contribution in [0, 0.1) is 0 Å². The number of thiophene rings is 1. The van der Waals surface area contributed by atoms with Crippen LogP contribution in [0.25, 0.3) is 22.0 Å². The fourth-order valence-electron chi connectivity index (χ4n) is 3.23. The molecule has 0 saturated carbocycles. The van der Waals surface area contributed by atoms with E-state index < -0.39 is 5.97 Å². The van der Waals surface area contributed by atoms with E-state index in [0.717, 1.165) is 27.2 Å². The fraction of sp³-hybridized carbons (Fsp3) is 0.167. The largest absolute Gasteiger partial charge is 0.497 e. The first kappa shape index (κ1) is 22.8. The summed E-state index contributed by atoms with van der Waals surface area (Å²) in [5.41, 5.74) is 2.70. The molecule has 7 nitrogen and oxygen atoms in total. The Labute approximate surface area is 199 Å². The molecule has 0 radical (unpaired) electrons. The highest BCUT2D eigenvalue weighted by Gasteiger charge is 2.23. The number of nitrogens with zero attached hydrogens (tertiary/aromatic N) is 2. The topological polar surface area (TPSA) is 90.4 Å². The summed E-state index contributed by atoms with van der Waals surface area (Å²) in [4.78, 5) is 34.0. The van der Waals surface area contributed by atoms with Gasteiger partial charge in [-0.3, -0.25) is 4.79 Å². The molecule has 2 aromatic carbocycles. The third-order valence-electron chi connectivity index (χ3n) is 4.77. The van der Waals surface area contributed by atoms with Crippen molar-refractivity contribution in [2.75, 3.05) is 24.8 Å². The van der Waals surface area contributed by atoms with E-state index in [1.807, 2.05) is 53.9 Å². The molecule has 1 amide bonds. The maximum Gasteiger partial charge on any atom is 0.341 e. The average Bonchev–Trinajstić information content (AvgIpc) is 3.26. The summed E-state index contributed by atoms with van der Waals surface area (Å²) in [6, 6.07) is 15.0. The molecule has 4 aromatic rings. The molecule has 0 aliphatic rings. The number of benzene rings is 2. The van der Waals surface area contributed by atoms with Gasteiger partial charge < -0.3 is 14.8 Å². The summed E-state index contributed by atoms with van der Waals surface area (Å²) in [6.45, 7) is 1.99. The van der Waals surface area contributed by atoms with Crippen LogP contribution in [0.5, 0.6) is 5.75 Å². The quantitative estimate of drug-likeness (QED) is 0.209. The molecular formula is C24H21N3O4S2. The van der Waals surface area contributed by atoms with Gasteiger partial charge in [-0.15, -0.1) is 11.3 Å². The lowest BCUT2D eigenvalue weighted by atomic mass is 10.0. The number of amides is 1. The van der Waals surface area contributed by atoms with Crippen LogP contribution in [0.2, 0.25) is 0 Å². The van der Waals surface area contributed by atoms with Crippen molar-refractivity contribution in [1.29, 1.82) is 0 Å². The van der Waals surface area contributed by atoms with Crippen LogP contribution in [-0.2, 0) is 9.53 Å². The van der Waals surface area contributed by atoms with Crippen molar-refractivity contribution in [3.05, 3.63) is 65.8 Å². The van der Waals surface area contributed by atoms with E-state index in [1.165, 1.54) is 29.4 Å². The van der Waals surface area contributed by atoms with E-state index in [0.29, 0.717) is 16.1 Å². The molecule has 168 valence electrons. The van der Waals surface area contributed by atoms with Gasteiger partial charge in [0.1, 0.15) is 27.7 Å². The molecule has 0 bridgehead atoms. The molecular weight excluding hydrogens is 458 g/mol. The lowest BCUT2D eigenvalue weighted by Gasteiger charge is -2.09. The number of carbonyl (C=O) groups excluding carboxylic acids is 2. The number of thioether (sulfide) groups is 1. The molecule has 1 N–H and O–H groups in total. The maximum atomic E-state index is 12.7. The SMILES string of the molecule is CCOC(=O)c1c(-c2ccc(OC)cc2)csc1NC(=O)CSc1ncnc2ccccc12. The van der Waals surface area contributed by atoms with Crippen LogP contribution < -0.4 is 10.1 Å². The van der Waals surface area contributed by atoms with Crippen LogP contribution in [0.3, 0.4) is 0 Å². The predicted octanol–water partition coefficient (Wildman–Crippen LogP) is 5.27. The van der Waals surface area contributed by atoms with E-state index in [9.17, 15) is 9.59 Å². The van der Waals surface area contributed by atoms with Crippen molar-refractivity contribution in [3.63, 3.8) is 0 Å². The van der Waals surface area contributed by atoms with Crippen LogP contribution in [0.1, 0.15) is 17.3 Å². The Balaban J connectivity index is 1.54. The highest BCUT2D eigenvalue weighted by Crippen LogP contribution is 2.37. The number of nitrogens with one attached hydrogen (secondary N) is 1. The molecule has 2 heterocycles. The third-order valence-corrected chi connectivity index (χ3v) is 6.67. The zero-order valence-electron chi connectivity index (χ0n) is 18.0. The van der Waals surface area contributed by atoms with Crippen molar-refractivity contribution in [2.24, 2.45) is 0 Å². The van der Waals surface area contributed by atoms with Gasteiger partial charge in [0.2, 0.25) is 5.91 Å². The second-order valence-corrected chi connectivity index (χ2v) is 8.68. The molecule has 9 heteroatoms. The average molecular weight is 480 g/mol. The number of fused-ring (bicyclic) bond motifs is 1. The van der Waals surface area contributed by atoms with Gasteiger partial charge in [0.05, 0.1) is 25.0 Å². The number of methoxy groups -OCH3 is 1. The predicted molar refractivity (Wildman–Crippen MR) is 131 cm³/mol. The third kappa shape index (κ3) is 5.15. The van der Waals surface area contributed by atoms with E-state index in [4.69, 9.17) is 9.47 Å². The molecule has 0 aliphatic heterocycles. The van der Waals surface area contributed by atoms with Gasteiger partial charge in [-0.05, 0) is 30.7 Å². The Hall–Kier alpha value is -3.43. The Kier molecular flexibility index (Phi) is 7.21. The molecule has 0 atom stereocenters. The Morgan fingerprint density at radius 2 is 1.88 bits per heavy atom. The molecule has 0 spiro atoms. The normalized spacial score (nSPS) is 10.7. The summed E-state index contributed by atoms with van der Waals surface area (Å²) >= 11 is 2.61. The highest BCUT2D eigenvalue weighted by molar-refractivity contribution is 8.00. The number of aromatic nitrogens is 2. The second kappa shape index (κ2) is 10.5.